The molecule has 0 bridgehead atoms. The molecular weight excluding hydrogens is 306 g/mol. The molecule has 0 aliphatic heterocycles. The van der Waals surface area contributed by atoms with Gasteiger partial charge in [-0.25, -0.2) is 0 Å². The molecule has 0 atom stereocenters. The van der Waals surface area contributed by atoms with E-state index in [-0.39, 0.29) is 0 Å². The lowest BCUT2D eigenvalue weighted by molar-refractivity contribution is 1.09. The summed E-state index contributed by atoms with van der Waals surface area (Å²) in [6, 6.07) is 8.70. The van der Waals surface area contributed by atoms with E-state index in [0.29, 0.717) is 0 Å². The number of para-hydroxylation sites is 1. The maximum Gasteiger partial charge on any atom is 0.0494 e. The van der Waals surface area contributed by atoms with E-state index in [4.69, 9.17) is 0 Å². The Morgan fingerprint density at radius 2 is 2.06 bits per heavy atom. The number of halogens is 1. The lowest BCUT2D eigenvalue weighted by atomic mass is 10.1. The van der Waals surface area contributed by atoms with Crippen LogP contribution in [0.25, 0.3) is 0 Å². The molecule has 1 aromatic heterocycles. The number of hydrogen-bond donors (Lipinski definition) is 1. The smallest absolute Gasteiger partial charge is 0.0494 e. The number of nitrogens with one attached hydrogen (secondary N) is 1. The van der Waals surface area contributed by atoms with Crippen LogP contribution in [0.2, 0.25) is 0 Å². The molecule has 0 fully saturated rings. The van der Waals surface area contributed by atoms with Crippen LogP contribution in [0, 0.1) is 13.8 Å². The van der Waals surface area contributed by atoms with Crippen LogP contribution >= 0.6 is 27.3 Å². The third-order valence-corrected chi connectivity index (χ3v) is 5.22. The molecule has 96 valence electrons. The standard InChI is InChI=1S/C15H18BrNS/c1-4-12-7-5-6-10(2)15(12)17-9-13-8-14(16)11(3)18-13/h5-8,17H,4,9H2,1-3H3. The van der Waals surface area contributed by atoms with E-state index in [9.17, 15) is 0 Å². The summed E-state index contributed by atoms with van der Waals surface area (Å²) in [5.74, 6) is 0. The van der Waals surface area contributed by atoms with E-state index in [2.05, 4.69) is 66.3 Å². The third kappa shape index (κ3) is 2.96. The molecule has 0 aliphatic rings. The van der Waals surface area contributed by atoms with Crippen LogP contribution in [0.3, 0.4) is 0 Å². The van der Waals surface area contributed by atoms with Crippen LogP contribution in [-0.4, -0.2) is 0 Å². The van der Waals surface area contributed by atoms with Crippen LogP contribution in [0.15, 0.2) is 28.7 Å². The third-order valence-electron chi connectivity index (χ3n) is 3.09. The highest BCUT2D eigenvalue weighted by molar-refractivity contribution is 9.10. The summed E-state index contributed by atoms with van der Waals surface area (Å²) in [4.78, 5) is 2.71. The predicted molar refractivity (Wildman–Crippen MR) is 84.6 cm³/mol. The summed E-state index contributed by atoms with van der Waals surface area (Å²) in [6.45, 7) is 7.40. The van der Waals surface area contributed by atoms with Gasteiger partial charge in [0.05, 0.1) is 0 Å². The van der Waals surface area contributed by atoms with Gasteiger partial charge < -0.3 is 5.32 Å². The molecule has 0 radical (unpaired) electrons. The molecule has 0 saturated carbocycles. The Morgan fingerprint density at radius 3 is 2.67 bits per heavy atom. The van der Waals surface area contributed by atoms with Gasteiger partial charge in [-0.2, -0.15) is 0 Å². The summed E-state index contributed by atoms with van der Waals surface area (Å²) in [5.41, 5.74) is 4.01. The highest BCUT2D eigenvalue weighted by Crippen LogP contribution is 2.28. The molecule has 2 aromatic rings. The van der Waals surface area contributed by atoms with E-state index in [1.807, 2.05) is 11.3 Å². The lowest BCUT2D eigenvalue weighted by Crippen LogP contribution is -2.02. The molecule has 0 amide bonds. The Hall–Kier alpha value is -0.800. The zero-order chi connectivity index (χ0) is 13.1. The summed E-state index contributed by atoms with van der Waals surface area (Å²) in [5, 5.41) is 3.58. The van der Waals surface area contributed by atoms with Crippen molar-refractivity contribution in [3.63, 3.8) is 0 Å². The van der Waals surface area contributed by atoms with Crippen LogP contribution in [0.5, 0.6) is 0 Å². The van der Waals surface area contributed by atoms with Crippen molar-refractivity contribution in [3.8, 4) is 0 Å². The van der Waals surface area contributed by atoms with E-state index >= 15 is 0 Å². The van der Waals surface area contributed by atoms with Crippen molar-refractivity contribution in [2.45, 2.75) is 33.7 Å². The van der Waals surface area contributed by atoms with Gasteiger partial charge in [0.2, 0.25) is 0 Å². The molecule has 1 N–H and O–H groups in total. The fourth-order valence-corrected chi connectivity index (χ4v) is 3.60. The maximum absolute atomic E-state index is 3.58. The molecule has 18 heavy (non-hydrogen) atoms. The number of hydrogen-bond acceptors (Lipinski definition) is 2. The van der Waals surface area contributed by atoms with Crippen molar-refractivity contribution in [2.75, 3.05) is 5.32 Å². The number of aryl methyl sites for hydroxylation is 3. The fourth-order valence-electron chi connectivity index (χ4n) is 2.06. The van der Waals surface area contributed by atoms with Gasteiger partial charge in [0.1, 0.15) is 0 Å². The first-order chi connectivity index (χ1) is 8.61. The number of thiophene rings is 1. The summed E-state index contributed by atoms with van der Waals surface area (Å²) in [7, 11) is 0. The topological polar surface area (TPSA) is 12.0 Å². The molecule has 2 rings (SSSR count). The second-order valence-corrected chi connectivity index (χ2v) is 6.63. The zero-order valence-corrected chi connectivity index (χ0v) is 13.4. The first-order valence-electron chi connectivity index (χ1n) is 6.19. The van der Waals surface area contributed by atoms with Gasteiger partial charge in [-0.1, -0.05) is 25.1 Å². The Bertz CT molecular complexity index is 526. The van der Waals surface area contributed by atoms with Crippen molar-refractivity contribution < 1.29 is 0 Å². The minimum atomic E-state index is 0.898. The maximum atomic E-state index is 3.58. The molecule has 0 spiro atoms. The zero-order valence-electron chi connectivity index (χ0n) is 11.0. The summed E-state index contributed by atoms with van der Waals surface area (Å²) >= 11 is 5.41. The van der Waals surface area contributed by atoms with Gasteiger partial charge in [0.25, 0.3) is 0 Å². The fraction of sp³-hybridized carbons (Fsp3) is 0.333. The molecule has 0 unspecified atom stereocenters. The molecule has 0 saturated heterocycles. The first-order valence-corrected chi connectivity index (χ1v) is 7.80. The average molecular weight is 324 g/mol. The van der Waals surface area contributed by atoms with Crippen LogP contribution in [0.4, 0.5) is 5.69 Å². The van der Waals surface area contributed by atoms with Gasteiger partial charge in [0.15, 0.2) is 0 Å². The monoisotopic (exact) mass is 323 g/mol. The van der Waals surface area contributed by atoms with Crippen molar-refractivity contribution in [1.82, 2.24) is 0 Å². The highest BCUT2D eigenvalue weighted by atomic mass is 79.9. The van der Waals surface area contributed by atoms with Crippen molar-refractivity contribution in [1.29, 1.82) is 0 Å². The largest absolute Gasteiger partial charge is 0.380 e. The molecule has 3 heteroatoms. The minimum absolute atomic E-state index is 0.898. The lowest BCUT2D eigenvalue weighted by Gasteiger charge is -2.13. The second kappa shape index (κ2) is 5.89. The Balaban J connectivity index is 2.15. The Kier molecular flexibility index (Phi) is 4.46. The van der Waals surface area contributed by atoms with Gasteiger partial charge >= 0.3 is 0 Å². The quantitative estimate of drug-likeness (QED) is 0.804. The molecule has 1 aromatic carbocycles. The van der Waals surface area contributed by atoms with Gasteiger partial charge in [0, 0.05) is 26.5 Å². The van der Waals surface area contributed by atoms with Crippen LogP contribution in [0.1, 0.15) is 27.8 Å². The number of anilines is 1. The number of rotatable bonds is 4. The van der Waals surface area contributed by atoms with Gasteiger partial charge in [-0.05, 0) is 53.4 Å². The van der Waals surface area contributed by atoms with E-state index in [1.165, 1.54) is 31.0 Å². The van der Waals surface area contributed by atoms with E-state index < -0.39 is 0 Å². The summed E-state index contributed by atoms with van der Waals surface area (Å²) < 4.78 is 1.21. The Morgan fingerprint density at radius 1 is 1.28 bits per heavy atom. The van der Waals surface area contributed by atoms with Crippen molar-refractivity contribution in [2.24, 2.45) is 0 Å². The minimum Gasteiger partial charge on any atom is -0.380 e. The second-order valence-electron chi connectivity index (χ2n) is 4.43. The average Bonchev–Trinajstić information content (AvgIpc) is 2.67. The van der Waals surface area contributed by atoms with Crippen LogP contribution < -0.4 is 5.32 Å². The predicted octanol–water partition coefficient (Wildman–Crippen LogP) is 5.30. The SMILES string of the molecule is CCc1cccc(C)c1NCc1cc(Br)c(C)s1. The molecule has 0 aliphatic carbocycles. The summed E-state index contributed by atoms with van der Waals surface area (Å²) in [6.07, 6.45) is 1.07. The van der Waals surface area contributed by atoms with Gasteiger partial charge in [-0.15, -0.1) is 11.3 Å². The molecule has 1 heterocycles. The molecule has 1 nitrogen and oxygen atoms in total. The van der Waals surface area contributed by atoms with Crippen molar-refractivity contribution >= 4 is 33.0 Å². The normalized spacial score (nSPS) is 10.7. The van der Waals surface area contributed by atoms with Crippen molar-refractivity contribution in [3.05, 3.63) is 49.6 Å². The Labute approximate surface area is 121 Å². The van der Waals surface area contributed by atoms with Crippen LogP contribution in [-0.2, 0) is 13.0 Å². The number of benzene rings is 1. The highest BCUT2D eigenvalue weighted by Gasteiger charge is 2.06. The first kappa shape index (κ1) is 13.6. The van der Waals surface area contributed by atoms with E-state index in [0.717, 1.165) is 13.0 Å². The van der Waals surface area contributed by atoms with E-state index in [1.54, 1.807) is 0 Å². The van der Waals surface area contributed by atoms with Gasteiger partial charge in [-0.3, -0.25) is 0 Å². The molecular formula is C15H18BrNS.